The first kappa shape index (κ1) is 18.4. The Balaban J connectivity index is 1.52. The van der Waals surface area contributed by atoms with E-state index in [0.717, 1.165) is 25.7 Å². The van der Waals surface area contributed by atoms with Crippen molar-refractivity contribution < 1.29 is 18.8 Å². The van der Waals surface area contributed by atoms with Gasteiger partial charge in [-0.15, -0.1) is 0 Å². The normalized spacial score (nSPS) is 20.2. The number of nitrogens with zero attached hydrogens (tertiary/aromatic N) is 1. The molecule has 7 heteroatoms. The topological polar surface area (TPSA) is 78.5 Å². The molecule has 1 aliphatic heterocycles. The molecule has 6 nitrogen and oxygen atoms in total. The number of benzene rings is 1. The van der Waals surface area contributed by atoms with Gasteiger partial charge in [-0.3, -0.25) is 14.4 Å². The van der Waals surface area contributed by atoms with Crippen LogP contribution in [0.25, 0.3) is 0 Å². The van der Waals surface area contributed by atoms with Crippen molar-refractivity contribution in [3.8, 4) is 0 Å². The van der Waals surface area contributed by atoms with Crippen LogP contribution in [0.1, 0.15) is 37.7 Å². The Bertz CT molecular complexity index is 716. The van der Waals surface area contributed by atoms with Gasteiger partial charge >= 0.3 is 11.8 Å². The number of nitrogens with one attached hydrogen (secondary N) is 2. The van der Waals surface area contributed by atoms with Gasteiger partial charge in [0.25, 0.3) is 0 Å². The molecule has 3 amide bonds. The lowest BCUT2D eigenvalue weighted by molar-refractivity contribution is -0.145. The summed E-state index contributed by atoms with van der Waals surface area (Å²) in [6, 6.07) is 4.48. The van der Waals surface area contributed by atoms with E-state index >= 15 is 0 Å². The van der Waals surface area contributed by atoms with Crippen molar-refractivity contribution in [3.05, 3.63) is 29.6 Å². The minimum absolute atomic E-state index is 0.0925. The van der Waals surface area contributed by atoms with Crippen LogP contribution in [0.15, 0.2) is 18.2 Å². The van der Waals surface area contributed by atoms with E-state index in [2.05, 4.69) is 10.6 Å². The Morgan fingerprint density at radius 3 is 2.58 bits per heavy atom. The summed E-state index contributed by atoms with van der Waals surface area (Å²) >= 11 is 0. The van der Waals surface area contributed by atoms with E-state index in [1.165, 1.54) is 17.0 Å². The first-order chi connectivity index (χ1) is 12.4. The van der Waals surface area contributed by atoms with Crippen molar-refractivity contribution in [1.82, 2.24) is 10.2 Å². The van der Waals surface area contributed by atoms with Crippen molar-refractivity contribution in [1.29, 1.82) is 0 Å². The number of hydrogen-bond acceptors (Lipinski definition) is 3. The lowest BCUT2D eigenvalue weighted by Crippen LogP contribution is -2.45. The quantitative estimate of drug-likeness (QED) is 0.808. The molecule has 3 rings (SSSR count). The van der Waals surface area contributed by atoms with Crippen LogP contribution in [-0.4, -0.2) is 41.8 Å². The zero-order valence-electron chi connectivity index (χ0n) is 14.9. The highest BCUT2D eigenvalue weighted by molar-refractivity contribution is 6.35. The van der Waals surface area contributed by atoms with E-state index < -0.39 is 11.8 Å². The fourth-order valence-corrected chi connectivity index (χ4v) is 3.59. The first-order valence-corrected chi connectivity index (χ1v) is 9.11. The van der Waals surface area contributed by atoms with Gasteiger partial charge in [0, 0.05) is 24.8 Å². The SMILES string of the molecule is Cc1cc(NC(=O)C2CCN(C(=O)C(=O)NC3CCCC3)C2)ccc1F. The molecule has 0 radical (unpaired) electrons. The van der Waals surface area contributed by atoms with Crippen LogP contribution in [0.3, 0.4) is 0 Å². The fraction of sp³-hybridized carbons (Fsp3) is 0.526. The number of halogens is 1. The minimum Gasteiger partial charge on any atom is -0.345 e. The molecule has 0 aromatic heterocycles. The Morgan fingerprint density at radius 1 is 1.15 bits per heavy atom. The van der Waals surface area contributed by atoms with Crippen LogP contribution in [0.2, 0.25) is 0 Å². The van der Waals surface area contributed by atoms with Crippen molar-refractivity contribution in [2.24, 2.45) is 5.92 Å². The van der Waals surface area contributed by atoms with E-state index in [1.54, 1.807) is 13.0 Å². The highest BCUT2D eigenvalue weighted by Crippen LogP contribution is 2.21. The lowest BCUT2D eigenvalue weighted by Gasteiger charge is -2.18. The first-order valence-electron chi connectivity index (χ1n) is 9.11. The molecule has 140 valence electrons. The number of aryl methyl sites for hydroxylation is 1. The van der Waals surface area contributed by atoms with Crippen LogP contribution >= 0.6 is 0 Å². The monoisotopic (exact) mass is 361 g/mol. The van der Waals surface area contributed by atoms with Gasteiger partial charge in [-0.1, -0.05) is 12.8 Å². The molecular formula is C19H24FN3O3. The maximum Gasteiger partial charge on any atom is 0.311 e. The van der Waals surface area contributed by atoms with Gasteiger partial charge in [-0.2, -0.15) is 0 Å². The van der Waals surface area contributed by atoms with Crippen LogP contribution < -0.4 is 10.6 Å². The predicted octanol–water partition coefficient (Wildman–Crippen LogP) is 1.98. The maximum atomic E-state index is 13.3. The van der Waals surface area contributed by atoms with Gasteiger partial charge in [-0.25, -0.2) is 4.39 Å². The molecule has 2 aliphatic rings. The number of amides is 3. The van der Waals surface area contributed by atoms with Gasteiger partial charge in [0.05, 0.1) is 5.92 Å². The molecule has 1 aromatic rings. The highest BCUT2D eigenvalue weighted by atomic mass is 19.1. The van der Waals surface area contributed by atoms with Gasteiger partial charge in [-0.05, 0) is 49.9 Å². The van der Waals surface area contributed by atoms with E-state index in [-0.39, 0.29) is 30.2 Å². The molecule has 1 unspecified atom stereocenters. The molecule has 1 heterocycles. The van der Waals surface area contributed by atoms with Gasteiger partial charge in [0.1, 0.15) is 5.82 Å². The molecule has 1 atom stereocenters. The van der Waals surface area contributed by atoms with Crippen LogP contribution in [0.5, 0.6) is 0 Å². The maximum absolute atomic E-state index is 13.3. The largest absolute Gasteiger partial charge is 0.345 e. The highest BCUT2D eigenvalue weighted by Gasteiger charge is 2.34. The summed E-state index contributed by atoms with van der Waals surface area (Å²) in [5.41, 5.74) is 0.979. The smallest absolute Gasteiger partial charge is 0.311 e. The number of carbonyl (C=O) groups excluding carboxylic acids is 3. The van der Waals surface area contributed by atoms with E-state index in [0.29, 0.717) is 24.2 Å². The number of carbonyl (C=O) groups is 3. The van der Waals surface area contributed by atoms with Crippen molar-refractivity contribution >= 4 is 23.4 Å². The molecule has 1 aliphatic carbocycles. The lowest BCUT2D eigenvalue weighted by atomic mass is 10.1. The van der Waals surface area contributed by atoms with Crippen molar-refractivity contribution in [2.45, 2.75) is 45.1 Å². The molecule has 1 saturated heterocycles. The summed E-state index contributed by atoms with van der Waals surface area (Å²) in [6.45, 7) is 2.24. The molecular weight excluding hydrogens is 337 g/mol. The molecule has 0 bridgehead atoms. The minimum atomic E-state index is -0.577. The number of anilines is 1. The number of rotatable bonds is 3. The summed E-state index contributed by atoms with van der Waals surface area (Å²) in [7, 11) is 0. The Labute approximate surface area is 152 Å². The number of hydrogen-bond donors (Lipinski definition) is 2. The second-order valence-corrected chi connectivity index (χ2v) is 7.14. The molecule has 0 spiro atoms. The third kappa shape index (κ3) is 4.20. The van der Waals surface area contributed by atoms with Crippen molar-refractivity contribution in [2.75, 3.05) is 18.4 Å². The van der Waals surface area contributed by atoms with Crippen LogP contribution in [0.4, 0.5) is 10.1 Å². The molecule has 2 fully saturated rings. The predicted molar refractivity (Wildman–Crippen MR) is 94.9 cm³/mol. The third-order valence-electron chi connectivity index (χ3n) is 5.16. The average Bonchev–Trinajstić information content (AvgIpc) is 3.29. The summed E-state index contributed by atoms with van der Waals surface area (Å²) < 4.78 is 13.3. The summed E-state index contributed by atoms with van der Waals surface area (Å²) in [6.07, 6.45) is 4.50. The average molecular weight is 361 g/mol. The molecule has 26 heavy (non-hydrogen) atoms. The van der Waals surface area contributed by atoms with E-state index in [1.807, 2.05) is 0 Å². The fourth-order valence-electron chi connectivity index (χ4n) is 3.59. The molecule has 2 N–H and O–H groups in total. The summed E-state index contributed by atoms with van der Waals surface area (Å²) in [5, 5.41) is 5.54. The third-order valence-corrected chi connectivity index (χ3v) is 5.16. The van der Waals surface area contributed by atoms with Gasteiger partial charge < -0.3 is 15.5 Å². The van der Waals surface area contributed by atoms with Gasteiger partial charge in [0.2, 0.25) is 5.91 Å². The zero-order valence-corrected chi connectivity index (χ0v) is 14.9. The van der Waals surface area contributed by atoms with Gasteiger partial charge in [0.15, 0.2) is 0 Å². The second kappa shape index (κ2) is 7.85. The number of likely N-dealkylation sites (tertiary alicyclic amines) is 1. The Hall–Kier alpha value is -2.44. The van der Waals surface area contributed by atoms with E-state index in [4.69, 9.17) is 0 Å². The van der Waals surface area contributed by atoms with Crippen molar-refractivity contribution in [3.63, 3.8) is 0 Å². The molecule has 1 aromatic carbocycles. The Kier molecular flexibility index (Phi) is 5.54. The summed E-state index contributed by atoms with van der Waals surface area (Å²) in [4.78, 5) is 38.2. The second-order valence-electron chi connectivity index (χ2n) is 7.14. The van der Waals surface area contributed by atoms with E-state index in [9.17, 15) is 18.8 Å². The standard InChI is InChI=1S/C19H24FN3O3/c1-12-10-15(6-7-16(12)20)22-17(24)13-8-9-23(11-13)19(26)18(25)21-14-4-2-3-5-14/h6-7,10,13-14H,2-5,8-9,11H2,1H3,(H,21,25)(H,22,24). The van der Waals surface area contributed by atoms with Crippen LogP contribution in [0, 0.1) is 18.7 Å². The zero-order chi connectivity index (χ0) is 18.7. The van der Waals surface area contributed by atoms with Crippen LogP contribution in [-0.2, 0) is 14.4 Å². The Morgan fingerprint density at radius 2 is 1.88 bits per heavy atom. The summed E-state index contributed by atoms with van der Waals surface area (Å²) in [5.74, 6) is -2.06. The molecule has 1 saturated carbocycles.